The third kappa shape index (κ3) is 3.68. The van der Waals surface area contributed by atoms with Crippen molar-refractivity contribution in [3.63, 3.8) is 0 Å². The Hall–Kier alpha value is -0.630. The molecule has 1 aliphatic rings. The number of carbonyl (C=O) groups excluding carboxylic acids is 2. The first kappa shape index (κ1) is 13.8. The molecule has 1 aromatic rings. The number of carbonyl (C=O) groups is 2. The van der Waals surface area contributed by atoms with E-state index in [1.54, 1.807) is 0 Å². The van der Waals surface area contributed by atoms with E-state index in [1.807, 2.05) is 16.3 Å². The first-order chi connectivity index (χ1) is 8.66. The van der Waals surface area contributed by atoms with Crippen molar-refractivity contribution in [1.82, 2.24) is 10.2 Å². The highest BCUT2D eigenvalue weighted by Gasteiger charge is 2.17. The zero-order chi connectivity index (χ0) is 13.0. The van der Waals surface area contributed by atoms with E-state index in [1.165, 1.54) is 17.8 Å². The van der Waals surface area contributed by atoms with Crippen LogP contribution in [-0.4, -0.2) is 36.3 Å². The highest BCUT2D eigenvalue weighted by atomic mass is 127. The van der Waals surface area contributed by atoms with E-state index in [9.17, 15) is 9.59 Å². The number of hydrogen-bond donors (Lipinski definition) is 1. The van der Waals surface area contributed by atoms with Crippen molar-refractivity contribution < 1.29 is 9.59 Å². The number of nitrogens with zero attached hydrogens (tertiary/aromatic N) is 1. The van der Waals surface area contributed by atoms with Crippen LogP contribution in [0.25, 0.3) is 0 Å². The lowest BCUT2D eigenvalue weighted by Crippen LogP contribution is -2.42. The number of amides is 2. The molecule has 0 spiro atoms. The second-order valence-corrected chi connectivity index (χ2v) is 7.07. The highest BCUT2D eigenvalue weighted by molar-refractivity contribution is 14.1. The maximum Gasteiger partial charge on any atom is 0.252 e. The fourth-order valence-electron chi connectivity index (χ4n) is 1.94. The van der Waals surface area contributed by atoms with Gasteiger partial charge in [0.2, 0.25) is 5.91 Å². The van der Waals surface area contributed by atoms with E-state index in [0.717, 1.165) is 28.8 Å². The lowest BCUT2D eigenvalue weighted by molar-refractivity contribution is -0.130. The number of piperidine rings is 1. The zero-order valence-corrected chi connectivity index (χ0v) is 12.9. The van der Waals surface area contributed by atoms with Crippen LogP contribution in [0.1, 0.15) is 29.6 Å². The van der Waals surface area contributed by atoms with Crippen molar-refractivity contribution in [2.45, 2.75) is 19.3 Å². The molecule has 1 N–H and O–H groups in total. The maximum atomic E-state index is 11.9. The molecule has 0 unspecified atom stereocenters. The van der Waals surface area contributed by atoms with Crippen LogP contribution in [0.3, 0.4) is 0 Å². The topological polar surface area (TPSA) is 49.4 Å². The summed E-state index contributed by atoms with van der Waals surface area (Å²) in [5, 5.41) is 4.49. The summed E-state index contributed by atoms with van der Waals surface area (Å²) in [5.74, 6) is -0.146. The number of halogens is 1. The molecule has 4 nitrogen and oxygen atoms in total. The Morgan fingerprint density at radius 3 is 2.67 bits per heavy atom. The molecule has 1 saturated heterocycles. The Labute approximate surface area is 124 Å². The van der Waals surface area contributed by atoms with Gasteiger partial charge in [0.05, 0.1) is 15.0 Å². The Kier molecular flexibility index (Phi) is 4.99. The van der Waals surface area contributed by atoms with E-state index >= 15 is 0 Å². The van der Waals surface area contributed by atoms with Crippen molar-refractivity contribution >= 4 is 45.7 Å². The van der Waals surface area contributed by atoms with Crippen LogP contribution in [0.4, 0.5) is 0 Å². The fraction of sp³-hybridized carbons (Fsp3) is 0.500. The zero-order valence-electron chi connectivity index (χ0n) is 9.95. The van der Waals surface area contributed by atoms with Gasteiger partial charge in [-0.05, 0) is 47.9 Å². The molecule has 6 heteroatoms. The van der Waals surface area contributed by atoms with Gasteiger partial charge in [0.25, 0.3) is 5.91 Å². The Morgan fingerprint density at radius 1 is 1.33 bits per heavy atom. The van der Waals surface area contributed by atoms with Crippen molar-refractivity contribution in [3.8, 4) is 0 Å². The van der Waals surface area contributed by atoms with Gasteiger partial charge in [-0.25, -0.2) is 0 Å². The quantitative estimate of drug-likeness (QED) is 0.820. The number of hydrogen-bond acceptors (Lipinski definition) is 3. The summed E-state index contributed by atoms with van der Waals surface area (Å²) in [4.78, 5) is 25.5. The van der Waals surface area contributed by atoms with Crippen LogP contribution in [0.15, 0.2) is 11.4 Å². The minimum Gasteiger partial charge on any atom is -0.343 e. The molecule has 0 aromatic carbocycles. The molecule has 98 valence electrons. The standard InChI is InChI=1S/C12H15IN2O2S/c13-10-6-9(8-18-10)12(17)14-7-11(16)15-4-2-1-3-5-15/h6,8H,1-5,7H2,(H,14,17). The molecule has 1 aliphatic heterocycles. The lowest BCUT2D eigenvalue weighted by Gasteiger charge is -2.26. The highest BCUT2D eigenvalue weighted by Crippen LogP contribution is 2.16. The second-order valence-electron chi connectivity index (χ2n) is 4.26. The molecule has 2 amide bonds. The largest absolute Gasteiger partial charge is 0.343 e. The molecule has 0 radical (unpaired) electrons. The molecule has 0 atom stereocenters. The molecule has 0 aliphatic carbocycles. The fourth-order valence-corrected chi connectivity index (χ4v) is 3.27. The smallest absolute Gasteiger partial charge is 0.252 e. The molecular formula is C12H15IN2O2S. The van der Waals surface area contributed by atoms with Crippen LogP contribution in [-0.2, 0) is 4.79 Å². The predicted octanol–water partition coefficient (Wildman–Crippen LogP) is 2.09. The summed E-state index contributed by atoms with van der Waals surface area (Å²) in [6.07, 6.45) is 3.34. The van der Waals surface area contributed by atoms with Gasteiger partial charge in [0, 0.05) is 18.5 Å². The first-order valence-electron chi connectivity index (χ1n) is 5.97. The number of thiophene rings is 1. The minimum absolute atomic E-state index is 0.0213. The van der Waals surface area contributed by atoms with Crippen LogP contribution in [0.2, 0.25) is 0 Å². The van der Waals surface area contributed by atoms with Gasteiger partial charge in [-0.2, -0.15) is 0 Å². The van der Waals surface area contributed by atoms with Gasteiger partial charge in [-0.1, -0.05) is 0 Å². The van der Waals surface area contributed by atoms with Gasteiger partial charge in [0.15, 0.2) is 0 Å². The lowest BCUT2D eigenvalue weighted by atomic mass is 10.1. The molecule has 2 heterocycles. The number of nitrogens with one attached hydrogen (secondary N) is 1. The van der Waals surface area contributed by atoms with E-state index in [-0.39, 0.29) is 18.4 Å². The Bertz CT molecular complexity index is 441. The summed E-state index contributed by atoms with van der Waals surface area (Å²) < 4.78 is 1.07. The van der Waals surface area contributed by atoms with Gasteiger partial charge >= 0.3 is 0 Å². The van der Waals surface area contributed by atoms with Gasteiger partial charge in [-0.3, -0.25) is 9.59 Å². The van der Waals surface area contributed by atoms with E-state index in [2.05, 4.69) is 27.9 Å². The average molecular weight is 378 g/mol. The van der Waals surface area contributed by atoms with Crippen molar-refractivity contribution in [2.75, 3.05) is 19.6 Å². The monoisotopic (exact) mass is 378 g/mol. The van der Waals surface area contributed by atoms with Crippen LogP contribution >= 0.6 is 33.9 Å². The number of rotatable bonds is 3. The predicted molar refractivity (Wildman–Crippen MR) is 79.8 cm³/mol. The molecule has 0 bridgehead atoms. The summed E-state index contributed by atoms with van der Waals surface area (Å²) >= 11 is 3.70. The molecule has 0 saturated carbocycles. The maximum absolute atomic E-state index is 11.9. The van der Waals surface area contributed by atoms with Crippen LogP contribution in [0, 0.1) is 2.88 Å². The first-order valence-corrected chi connectivity index (χ1v) is 7.92. The normalized spacial score (nSPS) is 15.5. The van der Waals surface area contributed by atoms with Gasteiger partial charge in [0.1, 0.15) is 0 Å². The second kappa shape index (κ2) is 6.51. The third-order valence-corrected chi connectivity index (χ3v) is 4.73. The average Bonchev–Trinajstić information content (AvgIpc) is 2.83. The molecule has 1 aromatic heterocycles. The number of likely N-dealkylation sites (tertiary alicyclic amines) is 1. The summed E-state index contributed by atoms with van der Waals surface area (Å²) in [7, 11) is 0. The minimum atomic E-state index is -0.167. The SMILES string of the molecule is O=C(NCC(=O)N1CCCCC1)c1csc(I)c1. The van der Waals surface area contributed by atoms with Gasteiger partial charge < -0.3 is 10.2 Å². The summed E-state index contributed by atoms with van der Waals surface area (Å²) in [5.41, 5.74) is 0.635. The third-order valence-electron chi connectivity index (χ3n) is 2.94. The van der Waals surface area contributed by atoms with E-state index < -0.39 is 0 Å². The summed E-state index contributed by atoms with van der Waals surface area (Å²) in [6, 6.07) is 1.83. The summed E-state index contributed by atoms with van der Waals surface area (Å²) in [6.45, 7) is 1.75. The van der Waals surface area contributed by atoms with Crippen LogP contribution in [0.5, 0.6) is 0 Å². The molecule has 18 heavy (non-hydrogen) atoms. The van der Waals surface area contributed by atoms with E-state index in [0.29, 0.717) is 5.56 Å². The van der Waals surface area contributed by atoms with Crippen LogP contribution < -0.4 is 5.32 Å². The van der Waals surface area contributed by atoms with Crippen molar-refractivity contribution in [1.29, 1.82) is 0 Å². The van der Waals surface area contributed by atoms with Crippen molar-refractivity contribution in [3.05, 3.63) is 19.9 Å². The Morgan fingerprint density at radius 2 is 2.06 bits per heavy atom. The molecular weight excluding hydrogens is 363 g/mol. The van der Waals surface area contributed by atoms with Crippen molar-refractivity contribution in [2.24, 2.45) is 0 Å². The Balaban J connectivity index is 1.80. The van der Waals surface area contributed by atoms with E-state index in [4.69, 9.17) is 0 Å². The van der Waals surface area contributed by atoms with Gasteiger partial charge in [-0.15, -0.1) is 11.3 Å². The molecule has 2 rings (SSSR count). The molecule has 1 fully saturated rings.